The summed E-state index contributed by atoms with van der Waals surface area (Å²) in [5, 5.41) is 2.97. The van der Waals surface area contributed by atoms with Crippen LogP contribution < -0.4 is 0 Å². The Hall–Kier alpha value is -1.77. The zero-order chi connectivity index (χ0) is 11.2. The van der Waals surface area contributed by atoms with E-state index in [1.54, 1.807) is 11.3 Å². The second-order valence-corrected chi connectivity index (χ2v) is 4.25. The first-order valence-electron chi connectivity index (χ1n) is 4.89. The van der Waals surface area contributed by atoms with Gasteiger partial charge in [-0.15, -0.1) is 11.3 Å². The molecule has 4 heteroatoms. The Labute approximate surface area is 97.5 Å². The highest BCUT2D eigenvalue weighted by Gasteiger charge is 2.02. The van der Waals surface area contributed by atoms with E-state index in [9.17, 15) is 4.79 Å². The molecule has 0 radical (unpaired) electrons. The Balaban J connectivity index is 2.05. The number of benzene rings is 1. The van der Waals surface area contributed by atoms with Gasteiger partial charge in [-0.2, -0.15) is 4.99 Å². The number of isocyanates is 1. The van der Waals surface area contributed by atoms with Gasteiger partial charge in [-0.1, -0.05) is 30.3 Å². The van der Waals surface area contributed by atoms with Crippen LogP contribution in [0.5, 0.6) is 0 Å². The zero-order valence-electron chi connectivity index (χ0n) is 8.59. The lowest BCUT2D eigenvalue weighted by atomic mass is 10.2. The van der Waals surface area contributed by atoms with Crippen molar-refractivity contribution >= 4 is 17.4 Å². The third kappa shape index (κ3) is 2.86. The van der Waals surface area contributed by atoms with Gasteiger partial charge in [-0.3, -0.25) is 0 Å². The van der Waals surface area contributed by atoms with Crippen molar-refractivity contribution in [3.05, 3.63) is 52.0 Å². The molecule has 0 spiro atoms. The zero-order valence-corrected chi connectivity index (χ0v) is 9.41. The Bertz CT molecular complexity index is 501. The fourth-order valence-corrected chi connectivity index (χ4v) is 2.21. The monoisotopic (exact) mass is 230 g/mol. The van der Waals surface area contributed by atoms with Crippen LogP contribution >= 0.6 is 11.3 Å². The predicted molar refractivity (Wildman–Crippen MR) is 63.2 cm³/mol. The smallest absolute Gasteiger partial charge is 0.235 e. The first-order valence-corrected chi connectivity index (χ1v) is 5.77. The summed E-state index contributed by atoms with van der Waals surface area (Å²) in [5.41, 5.74) is 2.07. The van der Waals surface area contributed by atoms with E-state index in [-0.39, 0.29) is 0 Å². The molecular formula is C12H10N2OS. The number of hydrogen-bond acceptors (Lipinski definition) is 4. The maximum Gasteiger partial charge on any atom is 0.235 e. The summed E-state index contributed by atoms with van der Waals surface area (Å²) in [7, 11) is 0. The summed E-state index contributed by atoms with van der Waals surface area (Å²) in [4.78, 5) is 17.8. The molecule has 0 aliphatic rings. The predicted octanol–water partition coefficient (Wildman–Crippen LogP) is 2.57. The molecule has 80 valence electrons. The van der Waals surface area contributed by atoms with Gasteiger partial charge in [0.15, 0.2) is 0 Å². The van der Waals surface area contributed by atoms with Gasteiger partial charge < -0.3 is 0 Å². The maximum atomic E-state index is 9.96. The van der Waals surface area contributed by atoms with Crippen LogP contribution in [0.15, 0.2) is 40.7 Å². The Morgan fingerprint density at radius 2 is 2.12 bits per heavy atom. The molecule has 2 aromatic rings. The minimum atomic E-state index is 0.328. The molecule has 0 saturated heterocycles. The van der Waals surface area contributed by atoms with E-state index in [1.807, 2.05) is 23.6 Å². The number of aromatic nitrogens is 1. The van der Waals surface area contributed by atoms with Crippen LogP contribution in [0.2, 0.25) is 0 Å². The molecule has 0 aliphatic carbocycles. The minimum absolute atomic E-state index is 0.328. The first-order chi connectivity index (χ1) is 7.88. The van der Waals surface area contributed by atoms with Crippen molar-refractivity contribution in [3.8, 4) is 0 Å². The van der Waals surface area contributed by atoms with Crippen molar-refractivity contribution in [3.63, 3.8) is 0 Å². The second-order valence-electron chi connectivity index (χ2n) is 3.30. The summed E-state index contributed by atoms with van der Waals surface area (Å²) in [5.74, 6) is 0. The lowest BCUT2D eigenvalue weighted by molar-refractivity contribution is 0.562. The molecule has 0 bridgehead atoms. The lowest BCUT2D eigenvalue weighted by Gasteiger charge is -1.95. The Morgan fingerprint density at radius 3 is 2.88 bits per heavy atom. The van der Waals surface area contributed by atoms with Crippen LogP contribution in [0.25, 0.3) is 0 Å². The van der Waals surface area contributed by atoms with Gasteiger partial charge in [0.05, 0.1) is 17.2 Å². The summed E-state index contributed by atoms with van der Waals surface area (Å²) in [6.45, 7) is 0.328. The van der Waals surface area contributed by atoms with E-state index in [0.29, 0.717) is 6.54 Å². The van der Waals surface area contributed by atoms with Crippen LogP contribution in [0.1, 0.15) is 16.3 Å². The Morgan fingerprint density at radius 1 is 1.31 bits per heavy atom. The normalized spacial score (nSPS) is 9.75. The van der Waals surface area contributed by atoms with Gasteiger partial charge in [-0.05, 0) is 5.56 Å². The largest absolute Gasteiger partial charge is 0.244 e. The highest BCUT2D eigenvalue weighted by Crippen LogP contribution is 2.15. The SMILES string of the molecule is O=C=NCc1csc(Cc2ccccc2)n1. The third-order valence-electron chi connectivity index (χ3n) is 2.10. The highest BCUT2D eigenvalue weighted by molar-refractivity contribution is 7.09. The van der Waals surface area contributed by atoms with E-state index in [1.165, 1.54) is 11.6 Å². The van der Waals surface area contributed by atoms with Gasteiger partial charge in [0.1, 0.15) is 0 Å². The summed E-state index contributed by atoms with van der Waals surface area (Å²) >= 11 is 1.59. The maximum absolute atomic E-state index is 9.96. The van der Waals surface area contributed by atoms with Crippen LogP contribution in [0.4, 0.5) is 0 Å². The van der Waals surface area contributed by atoms with Crippen molar-refractivity contribution in [2.24, 2.45) is 4.99 Å². The van der Waals surface area contributed by atoms with E-state index >= 15 is 0 Å². The number of hydrogen-bond donors (Lipinski definition) is 0. The van der Waals surface area contributed by atoms with Crippen LogP contribution in [-0.4, -0.2) is 11.1 Å². The number of aliphatic imine (C=N–C) groups is 1. The minimum Gasteiger partial charge on any atom is -0.244 e. The molecule has 1 aromatic heterocycles. The average molecular weight is 230 g/mol. The van der Waals surface area contributed by atoms with Crippen molar-refractivity contribution in [1.29, 1.82) is 0 Å². The van der Waals surface area contributed by atoms with Crippen molar-refractivity contribution in [2.45, 2.75) is 13.0 Å². The molecule has 0 atom stereocenters. The molecule has 2 rings (SSSR count). The van der Waals surface area contributed by atoms with Crippen molar-refractivity contribution < 1.29 is 4.79 Å². The summed E-state index contributed by atoms with van der Waals surface area (Å²) < 4.78 is 0. The summed E-state index contributed by atoms with van der Waals surface area (Å²) in [6, 6.07) is 10.2. The van der Waals surface area contributed by atoms with E-state index in [4.69, 9.17) is 0 Å². The van der Waals surface area contributed by atoms with Gasteiger partial charge >= 0.3 is 0 Å². The van der Waals surface area contributed by atoms with Crippen LogP contribution in [0.3, 0.4) is 0 Å². The number of carbonyl (C=O) groups excluding carboxylic acids is 1. The molecule has 0 unspecified atom stereocenters. The molecule has 0 saturated carbocycles. The molecule has 0 amide bonds. The van der Waals surface area contributed by atoms with Gasteiger partial charge in [0.25, 0.3) is 0 Å². The fourth-order valence-electron chi connectivity index (χ4n) is 1.39. The molecule has 1 heterocycles. The van der Waals surface area contributed by atoms with Crippen molar-refractivity contribution in [2.75, 3.05) is 0 Å². The summed E-state index contributed by atoms with van der Waals surface area (Å²) in [6.07, 6.45) is 2.34. The number of rotatable bonds is 4. The Kier molecular flexibility index (Phi) is 3.59. The van der Waals surface area contributed by atoms with Crippen LogP contribution in [0, 0.1) is 0 Å². The molecule has 0 N–H and O–H groups in total. The third-order valence-corrected chi connectivity index (χ3v) is 3.00. The van der Waals surface area contributed by atoms with Crippen LogP contribution in [-0.2, 0) is 17.8 Å². The molecule has 0 aliphatic heterocycles. The standard InChI is InChI=1S/C12H10N2OS/c15-9-13-7-11-8-16-12(14-11)6-10-4-2-1-3-5-10/h1-5,8H,6-7H2. The van der Waals surface area contributed by atoms with Gasteiger partial charge in [0, 0.05) is 11.8 Å². The van der Waals surface area contributed by atoms with Crippen molar-refractivity contribution in [1.82, 2.24) is 4.98 Å². The van der Waals surface area contributed by atoms with Gasteiger partial charge in [-0.25, -0.2) is 9.78 Å². The molecule has 0 fully saturated rings. The molecule has 1 aromatic carbocycles. The fraction of sp³-hybridized carbons (Fsp3) is 0.167. The topological polar surface area (TPSA) is 42.3 Å². The second kappa shape index (κ2) is 5.35. The van der Waals surface area contributed by atoms with E-state index in [2.05, 4.69) is 22.1 Å². The first kappa shape index (κ1) is 10.7. The van der Waals surface area contributed by atoms with Gasteiger partial charge in [0.2, 0.25) is 6.08 Å². The molecular weight excluding hydrogens is 220 g/mol. The number of thiazole rings is 1. The lowest BCUT2D eigenvalue weighted by Crippen LogP contribution is -1.88. The van der Waals surface area contributed by atoms with E-state index in [0.717, 1.165) is 17.1 Å². The molecule has 16 heavy (non-hydrogen) atoms. The quantitative estimate of drug-likeness (QED) is 0.598. The average Bonchev–Trinajstić information content (AvgIpc) is 2.75. The van der Waals surface area contributed by atoms with E-state index < -0.39 is 0 Å². The molecule has 3 nitrogen and oxygen atoms in total. The number of nitrogens with zero attached hydrogens (tertiary/aromatic N) is 2. The highest BCUT2D eigenvalue weighted by atomic mass is 32.1.